The summed E-state index contributed by atoms with van der Waals surface area (Å²) in [5.74, 6) is 1.29. The van der Waals surface area contributed by atoms with E-state index in [1.165, 1.54) is 12.1 Å². The number of hydrogen-bond donors (Lipinski definition) is 0. The number of rotatable bonds is 4. The highest BCUT2D eigenvalue weighted by atomic mass is 35.5. The first kappa shape index (κ1) is 17.2. The van der Waals surface area contributed by atoms with Crippen molar-refractivity contribution in [2.75, 3.05) is 13.1 Å². The van der Waals surface area contributed by atoms with Crippen LogP contribution in [0.5, 0.6) is 0 Å². The zero-order chi connectivity index (χ0) is 17.9. The number of halogens is 2. The first-order valence-electron chi connectivity index (χ1n) is 8.74. The summed E-state index contributed by atoms with van der Waals surface area (Å²) in [6, 6.07) is 14.1. The molecule has 0 amide bonds. The highest BCUT2D eigenvalue weighted by Crippen LogP contribution is 2.28. The van der Waals surface area contributed by atoms with Crippen LogP contribution in [0.2, 0.25) is 5.02 Å². The maximum atomic E-state index is 13.1. The van der Waals surface area contributed by atoms with Crippen LogP contribution in [0.4, 0.5) is 4.39 Å². The van der Waals surface area contributed by atoms with E-state index in [4.69, 9.17) is 16.1 Å². The van der Waals surface area contributed by atoms with Gasteiger partial charge in [0, 0.05) is 23.7 Å². The Labute approximate surface area is 156 Å². The number of nitrogens with zero attached hydrogens (tertiary/aromatic N) is 3. The normalized spacial score (nSPS) is 18.2. The maximum Gasteiger partial charge on any atom is 0.231 e. The highest BCUT2D eigenvalue weighted by molar-refractivity contribution is 6.30. The van der Waals surface area contributed by atoms with Crippen LogP contribution in [0.3, 0.4) is 0 Å². The lowest BCUT2D eigenvalue weighted by atomic mass is 9.97. The minimum atomic E-state index is -0.203. The van der Waals surface area contributed by atoms with Crippen LogP contribution in [0, 0.1) is 5.82 Å². The summed E-state index contributed by atoms with van der Waals surface area (Å²) >= 11 is 5.93. The Hall–Kier alpha value is -2.24. The van der Waals surface area contributed by atoms with E-state index < -0.39 is 0 Å². The van der Waals surface area contributed by atoms with Gasteiger partial charge in [0.1, 0.15) is 5.82 Å². The molecule has 1 aromatic heterocycles. The monoisotopic (exact) mass is 371 g/mol. The van der Waals surface area contributed by atoms with Crippen molar-refractivity contribution < 1.29 is 8.91 Å². The summed E-state index contributed by atoms with van der Waals surface area (Å²) in [6.07, 6.45) is 2.10. The molecule has 134 valence electrons. The number of benzene rings is 2. The predicted octanol–water partition coefficient (Wildman–Crippen LogP) is 4.91. The average molecular weight is 372 g/mol. The van der Waals surface area contributed by atoms with E-state index in [1.54, 1.807) is 0 Å². The predicted molar refractivity (Wildman–Crippen MR) is 98.4 cm³/mol. The summed E-state index contributed by atoms with van der Waals surface area (Å²) in [5.41, 5.74) is 2.00. The zero-order valence-corrected chi connectivity index (χ0v) is 15.0. The SMILES string of the molecule is Fc1ccc(CN2CCCC(c3nc(-c4ccc(Cl)cc4)no3)C2)cc1. The van der Waals surface area contributed by atoms with E-state index in [0.717, 1.165) is 43.6 Å². The van der Waals surface area contributed by atoms with Crippen molar-refractivity contribution in [2.45, 2.75) is 25.3 Å². The molecule has 6 heteroatoms. The van der Waals surface area contributed by atoms with Gasteiger partial charge in [-0.15, -0.1) is 0 Å². The second kappa shape index (κ2) is 7.56. The van der Waals surface area contributed by atoms with Crippen molar-refractivity contribution in [3.63, 3.8) is 0 Å². The number of likely N-dealkylation sites (tertiary alicyclic amines) is 1. The van der Waals surface area contributed by atoms with Gasteiger partial charge >= 0.3 is 0 Å². The van der Waals surface area contributed by atoms with Crippen molar-refractivity contribution in [1.82, 2.24) is 15.0 Å². The minimum absolute atomic E-state index is 0.203. The van der Waals surface area contributed by atoms with Crippen LogP contribution in [0.1, 0.15) is 30.2 Å². The molecular formula is C20H19ClFN3O. The lowest BCUT2D eigenvalue weighted by molar-refractivity contribution is 0.180. The Morgan fingerprint density at radius 1 is 1.12 bits per heavy atom. The van der Waals surface area contributed by atoms with Crippen LogP contribution in [-0.4, -0.2) is 28.1 Å². The Morgan fingerprint density at radius 2 is 1.88 bits per heavy atom. The van der Waals surface area contributed by atoms with Crippen molar-refractivity contribution in [1.29, 1.82) is 0 Å². The van der Waals surface area contributed by atoms with E-state index in [9.17, 15) is 4.39 Å². The fraction of sp³-hybridized carbons (Fsp3) is 0.300. The van der Waals surface area contributed by atoms with Gasteiger partial charge in [-0.3, -0.25) is 4.90 Å². The first-order valence-corrected chi connectivity index (χ1v) is 9.11. The molecule has 26 heavy (non-hydrogen) atoms. The van der Waals surface area contributed by atoms with Crippen LogP contribution >= 0.6 is 11.6 Å². The molecule has 1 fully saturated rings. The Kier molecular flexibility index (Phi) is 5.00. The second-order valence-electron chi connectivity index (χ2n) is 6.66. The first-order chi connectivity index (χ1) is 12.7. The smallest absolute Gasteiger partial charge is 0.231 e. The zero-order valence-electron chi connectivity index (χ0n) is 14.2. The Balaban J connectivity index is 1.44. The average Bonchev–Trinajstić information content (AvgIpc) is 3.15. The molecular weight excluding hydrogens is 353 g/mol. The van der Waals surface area contributed by atoms with Crippen molar-refractivity contribution in [3.05, 3.63) is 70.8 Å². The van der Waals surface area contributed by atoms with Crippen LogP contribution < -0.4 is 0 Å². The van der Waals surface area contributed by atoms with Crippen LogP contribution in [-0.2, 0) is 6.54 Å². The lowest BCUT2D eigenvalue weighted by Gasteiger charge is -2.30. The Morgan fingerprint density at radius 3 is 2.65 bits per heavy atom. The largest absolute Gasteiger partial charge is 0.339 e. The molecule has 0 aliphatic carbocycles. The molecule has 0 saturated carbocycles. The molecule has 2 heterocycles. The third kappa shape index (κ3) is 3.94. The van der Waals surface area contributed by atoms with Gasteiger partial charge in [0.2, 0.25) is 11.7 Å². The molecule has 0 spiro atoms. The van der Waals surface area contributed by atoms with E-state index in [2.05, 4.69) is 15.0 Å². The highest BCUT2D eigenvalue weighted by Gasteiger charge is 2.26. The molecule has 4 rings (SSSR count). The molecule has 0 bridgehead atoms. The molecule has 0 N–H and O–H groups in total. The fourth-order valence-corrected chi connectivity index (χ4v) is 3.49. The van der Waals surface area contributed by atoms with Gasteiger partial charge in [-0.05, 0) is 61.3 Å². The molecule has 4 nitrogen and oxygen atoms in total. The number of hydrogen-bond acceptors (Lipinski definition) is 4. The number of aromatic nitrogens is 2. The molecule has 1 aliphatic heterocycles. The molecule has 0 radical (unpaired) electrons. The summed E-state index contributed by atoms with van der Waals surface area (Å²) in [6.45, 7) is 2.68. The van der Waals surface area contributed by atoms with E-state index in [-0.39, 0.29) is 11.7 Å². The summed E-state index contributed by atoms with van der Waals surface area (Å²) in [4.78, 5) is 6.94. The van der Waals surface area contributed by atoms with Gasteiger partial charge in [0.15, 0.2) is 0 Å². The molecule has 1 aliphatic rings. The van der Waals surface area contributed by atoms with Gasteiger partial charge in [-0.1, -0.05) is 28.9 Å². The van der Waals surface area contributed by atoms with Gasteiger partial charge in [0.25, 0.3) is 0 Å². The quantitative estimate of drug-likeness (QED) is 0.653. The standard InChI is InChI=1S/C20H19ClFN3O/c21-17-7-5-15(6-8-17)19-23-20(26-24-19)16-2-1-11-25(13-16)12-14-3-9-18(22)10-4-14/h3-10,16H,1-2,11-13H2. The minimum Gasteiger partial charge on any atom is -0.339 e. The molecule has 1 saturated heterocycles. The van der Waals surface area contributed by atoms with E-state index >= 15 is 0 Å². The van der Waals surface area contributed by atoms with Gasteiger partial charge < -0.3 is 4.52 Å². The van der Waals surface area contributed by atoms with Crippen LogP contribution in [0.15, 0.2) is 53.1 Å². The molecule has 2 aromatic carbocycles. The van der Waals surface area contributed by atoms with Gasteiger partial charge in [0.05, 0.1) is 5.92 Å². The molecule has 1 unspecified atom stereocenters. The lowest BCUT2D eigenvalue weighted by Crippen LogP contribution is -2.34. The third-order valence-electron chi connectivity index (χ3n) is 4.72. The van der Waals surface area contributed by atoms with Gasteiger partial charge in [-0.25, -0.2) is 4.39 Å². The van der Waals surface area contributed by atoms with E-state index in [0.29, 0.717) is 16.7 Å². The summed E-state index contributed by atoms with van der Waals surface area (Å²) in [5, 5.41) is 4.80. The molecule has 1 atom stereocenters. The second-order valence-corrected chi connectivity index (χ2v) is 7.10. The van der Waals surface area contributed by atoms with Crippen LogP contribution in [0.25, 0.3) is 11.4 Å². The van der Waals surface area contributed by atoms with Crippen molar-refractivity contribution in [3.8, 4) is 11.4 Å². The molecule has 3 aromatic rings. The third-order valence-corrected chi connectivity index (χ3v) is 4.97. The van der Waals surface area contributed by atoms with Crippen molar-refractivity contribution >= 4 is 11.6 Å². The summed E-state index contributed by atoms with van der Waals surface area (Å²) in [7, 11) is 0. The van der Waals surface area contributed by atoms with E-state index in [1.807, 2.05) is 36.4 Å². The number of piperidine rings is 1. The van der Waals surface area contributed by atoms with Crippen molar-refractivity contribution in [2.24, 2.45) is 0 Å². The maximum absolute atomic E-state index is 13.1. The fourth-order valence-electron chi connectivity index (χ4n) is 3.37. The topological polar surface area (TPSA) is 42.2 Å². The summed E-state index contributed by atoms with van der Waals surface area (Å²) < 4.78 is 18.6. The Bertz CT molecular complexity index is 864. The van der Waals surface area contributed by atoms with Gasteiger partial charge in [-0.2, -0.15) is 4.98 Å².